The minimum atomic E-state index is -1.06. The lowest BCUT2D eigenvalue weighted by molar-refractivity contribution is -0.136. The molecule has 394 valence electrons. The van der Waals surface area contributed by atoms with Gasteiger partial charge in [0, 0.05) is 86.0 Å². The van der Waals surface area contributed by atoms with Crippen LogP contribution in [-0.4, -0.2) is 132 Å². The summed E-state index contributed by atoms with van der Waals surface area (Å²) in [4.78, 5) is 59.3. The van der Waals surface area contributed by atoms with Crippen molar-refractivity contribution in [1.82, 2.24) is 39.4 Å². The molecule has 3 amide bonds. The number of piperidine rings is 1. The Hall–Kier alpha value is -7.82. The molecule has 10 rings (SSSR count). The van der Waals surface area contributed by atoms with E-state index in [2.05, 4.69) is 43.6 Å². The number of primary amides is 1. The van der Waals surface area contributed by atoms with Crippen molar-refractivity contribution in [2.24, 2.45) is 17.6 Å². The molecule has 2 atom stereocenters. The van der Waals surface area contributed by atoms with Crippen molar-refractivity contribution in [2.45, 2.75) is 71.0 Å². The third-order valence-corrected chi connectivity index (χ3v) is 15.6. The highest BCUT2D eigenvalue weighted by molar-refractivity contribution is 6.36. The van der Waals surface area contributed by atoms with Gasteiger partial charge in [-0.1, -0.05) is 68.4 Å². The number of phenolic OH excluding ortho intramolecular Hbond substituents is 2. The van der Waals surface area contributed by atoms with Crippen molar-refractivity contribution in [1.29, 1.82) is 5.26 Å². The van der Waals surface area contributed by atoms with Crippen LogP contribution >= 0.6 is 11.6 Å². The van der Waals surface area contributed by atoms with Gasteiger partial charge in [-0.3, -0.25) is 23.9 Å². The molecule has 4 aliphatic heterocycles. The number of ether oxygens (including phenoxy) is 1. The largest absolute Gasteiger partial charge is 0.508 e. The molecule has 0 radical (unpaired) electrons. The highest BCUT2D eigenvalue weighted by Crippen LogP contribution is 2.40. The lowest BCUT2D eigenvalue weighted by Crippen LogP contribution is -2.55. The second-order valence-electron chi connectivity index (χ2n) is 20.5. The first-order valence-electron chi connectivity index (χ1n) is 25.8. The van der Waals surface area contributed by atoms with E-state index in [1.165, 1.54) is 15.5 Å². The molecule has 0 saturated carbocycles. The van der Waals surface area contributed by atoms with E-state index >= 15 is 0 Å². The number of carbonyl (C=O) groups excluding carboxylic acids is 3. The van der Waals surface area contributed by atoms with Crippen molar-refractivity contribution < 1.29 is 33.7 Å². The third kappa shape index (κ3) is 10.4. The quantitative estimate of drug-likeness (QED) is 0.0913. The Morgan fingerprint density at radius 2 is 1.68 bits per heavy atom. The fraction of sp³-hybridized carbons (Fsp3) is 0.393. The van der Waals surface area contributed by atoms with Crippen LogP contribution in [0.15, 0.2) is 85.2 Å². The van der Waals surface area contributed by atoms with E-state index in [1.54, 1.807) is 6.07 Å². The molecular weight excluding hydrogens is 991 g/mol. The lowest BCUT2D eigenvalue weighted by Gasteiger charge is -2.42. The predicted molar refractivity (Wildman–Crippen MR) is 285 cm³/mol. The van der Waals surface area contributed by atoms with Crippen LogP contribution in [0.2, 0.25) is 5.02 Å². The topological polar surface area (TPSA) is 223 Å². The minimum absolute atomic E-state index is 0.0145. The summed E-state index contributed by atoms with van der Waals surface area (Å²) in [6.45, 7) is 12.6. The molecule has 20 heteroatoms. The summed E-state index contributed by atoms with van der Waals surface area (Å²) >= 11 is 6.79. The molecule has 4 aromatic carbocycles. The van der Waals surface area contributed by atoms with E-state index in [0.29, 0.717) is 80.0 Å². The van der Waals surface area contributed by atoms with Crippen molar-refractivity contribution in [2.75, 3.05) is 68.8 Å². The summed E-state index contributed by atoms with van der Waals surface area (Å²) in [5.41, 5.74) is 11.0. The molecule has 4 aliphatic rings. The third-order valence-electron chi connectivity index (χ3n) is 15.3. The predicted octanol–water partition coefficient (Wildman–Crippen LogP) is 7.28. The molecule has 0 bridgehead atoms. The number of benzene rings is 4. The number of phenols is 2. The Labute approximate surface area is 444 Å². The van der Waals surface area contributed by atoms with Gasteiger partial charge in [0.15, 0.2) is 11.7 Å². The fourth-order valence-corrected chi connectivity index (χ4v) is 11.6. The van der Waals surface area contributed by atoms with Gasteiger partial charge < -0.3 is 40.3 Å². The van der Waals surface area contributed by atoms with Crippen LogP contribution in [0.5, 0.6) is 17.5 Å². The van der Waals surface area contributed by atoms with Gasteiger partial charge in [0.1, 0.15) is 17.3 Å². The number of aromatic nitrogens is 5. The van der Waals surface area contributed by atoms with Gasteiger partial charge in [-0.15, -0.1) is 10.2 Å². The van der Waals surface area contributed by atoms with Crippen LogP contribution in [0.3, 0.4) is 0 Å². The number of aromatic hydroxyl groups is 2. The number of carbonyl (C=O) groups is 3. The van der Waals surface area contributed by atoms with Crippen molar-refractivity contribution >= 4 is 51.6 Å². The summed E-state index contributed by atoms with van der Waals surface area (Å²) < 4.78 is 22.1. The molecule has 3 saturated heterocycles. The Kier molecular flexibility index (Phi) is 14.8. The summed E-state index contributed by atoms with van der Waals surface area (Å²) in [6.07, 6.45) is 2.85. The molecule has 0 aliphatic carbocycles. The molecule has 6 heterocycles. The number of nitriles is 1. The van der Waals surface area contributed by atoms with Gasteiger partial charge in [0.25, 0.3) is 11.8 Å². The normalized spacial score (nSPS) is 18.3. The number of piperazine rings is 1. The molecule has 18 nitrogen and oxygen atoms in total. The number of halogens is 2. The number of hydrogen-bond acceptors (Lipinski definition) is 14. The van der Waals surface area contributed by atoms with Crippen molar-refractivity contribution in [3.8, 4) is 40.7 Å². The smallest absolute Gasteiger partial charge is 0.318 e. The highest BCUT2D eigenvalue weighted by Gasteiger charge is 2.37. The number of fused-ring (bicyclic) bond motifs is 2. The number of amides is 3. The van der Waals surface area contributed by atoms with E-state index < -0.39 is 23.7 Å². The molecular formula is C56H60ClFN12O6. The van der Waals surface area contributed by atoms with Crippen LogP contribution in [0.25, 0.3) is 27.8 Å². The molecule has 6 aromatic rings. The monoisotopic (exact) mass is 1050 g/mol. The average Bonchev–Trinajstić information content (AvgIpc) is 4.09. The number of nitrogens with two attached hydrogens (primary N) is 1. The summed E-state index contributed by atoms with van der Waals surface area (Å²) in [5, 5.41) is 41.9. The first-order valence-corrected chi connectivity index (χ1v) is 26.2. The van der Waals surface area contributed by atoms with Gasteiger partial charge in [-0.05, 0) is 91.5 Å². The average molecular weight is 1050 g/mol. The zero-order valence-corrected chi connectivity index (χ0v) is 43.3. The van der Waals surface area contributed by atoms with E-state index in [9.17, 15) is 34.2 Å². The number of likely N-dealkylation sites (tertiary alicyclic amines) is 2. The van der Waals surface area contributed by atoms with Gasteiger partial charge in [-0.25, -0.2) is 4.39 Å². The van der Waals surface area contributed by atoms with Crippen LogP contribution in [-0.2, 0) is 29.1 Å². The second kappa shape index (κ2) is 21.8. The Morgan fingerprint density at radius 1 is 0.921 bits per heavy atom. The molecule has 4 N–H and O–H groups in total. The van der Waals surface area contributed by atoms with Crippen molar-refractivity contribution in [3.05, 3.63) is 118 Å². The molecule has 0 spiro atoms. The Morgan fingerprint density at radius 3 is 2.41 bits per heavy atom. The Balaban J connectivity index is 0.780. The summed E-state index contributed by atoms with van der Waals surface area (Å²) in [7, 11) is 0. The standard InChI is InChI=1S/C56H60ClFN12O6/c1-33(2)42-26-43(48(72)27-47(42)71)52-63-64-53(50(60)73)70(52)39-12-10-35(11-13-39)28-65-20-16-38(17-21-65)55(75)68-22-15-36(29-68)32-76-56-61-45-31-66(46-9-5-7-37-6-4-8-44(57)49(37)46)23-18-41(45)51(62-56)67-24-25-69(54(74)34(3)58)40(30-67)14-19-59/h4-13,26-27,33,36,38,40,71-72H,3,14-18,20-25,28-32H2,1-2H3,(H2,60,73)/t36-,40+/m1/s1. The first kappa shape index (κ1) is 51.7. The zero-order chi connectivity index (χ0) is 53.4. The Bertz CT molecular complexity index is 3260. The molecule has 2 aromatic heterocycles. The van der Waals surface area contributed by atoms with Crippen LogP contribution in [0.4, 0.5) is 15.9 Å². The van der Waals surface area contributed by atoms with Crippen LogP contribution in [0, 0.1) is 23.2 Å². The van der Waals surface area contributed by atoms with Gasteiger partial charge in [-0.2, -0.15) is 15.2 Å². The van der Waals surface area contributed by atoms with Gasteiger partial charge >= 0.3 is 6.01 Å². The summed E-state index contributed by atoms with van der Waals surface area (Å²) in [5.74, 6) is -2.07. The second-order valence-corrected chi connectivity index (χ2v) is 20.9. The first-order chi connectivity index (χ1) is 36.6. The molecule has 3 fully saturated rings. The lowest BCUT2D eigenvalue weighted by atomic mass is 9.95. The zero-order valence-electron chi connectivity index (χ0n) is 42.5. The minimum Gasteiger partial charge on any atom is -0.508 e. The highest BCUT2D eigenvalue weighted by atomic mass is 35.5. The van der Waals surface area contributed by atoms with Gasteiger partial charge in [0.2, 0.25) is 11.7 Å². The number of anilines is 2. The molecule has 0 unspecified atom stereocenters. The van der Waals surface area contributed by atoms with E-state index in [0.717, 1.165) is 65.6 Å². The van der Waals surface area contributed by atoms with Gasteiger partial charge in [0.05, 0.1) is 48.0 Å². The van der Waals surface area contributed by atoms with E-state index in [4.69, 9.17) is 32.0 Å². The fourth-order valence-electron chi connectivity index (χ4n) is 11.3. The summed E-state index contributed by atoms with van der Waals surface area (Å²) in [6, 6.07) is 24.3. The number of rotatable bonds is 14. The van der Waals surface area contributed by atoms with E-state index in [-0.39, 0.29) is 72.3 Å². The SMILES string of the molecule is C=C(F)C(=O)N1CCN(c2nc(OC[C@@H]3CCN(C(=O)C4CCN(Cc5ccc(-n6c(C(N)=O)nnc6-c6cc(C(C)C)c(O)cc6O)cc5)CC4)C3)nc3c2CCN(c2cccc4cccc(Cl)c24)C3)C[C@@H]1CC#N. The maximum Gasteiger partial charge on any atom is 0.318 e. The van der Waals surface area contributed by atoms with Crippen molar-refractivity contribution in [3.63, 3.8) is 0 Å². The van der Waals surface area contributed by atoms with Crippen LogP contribution in [0.1, 0.15) is 78.5 Å². The number of hydrogen-bond donors (Lipinski definition) is 3. The number of nitrogens with zero attached hydrogens (tertiary/aromatic N) is 11. The maximum atomic E-state index is 14.1. The van der Waals surface area contributed by atoms with E-state index in [1.807, 2.05) is 73.3 Å². The van der Waals surface area contributed by atoms with Crippen LogP contribution < -0.4 is 20.3 Å². The maximum absolute atomic E-state index is 14.1. The molecule has 76 heavy (non-hydrogen) atoms.